The van der Waals surface area contributed by atoms with Gasteiger partial charge < -0.3 is 10.2 Å². The van der Waals surface area contributed by atoms with Gasteiger partial charge in [-0.15, -0.1) is 11.3 Å². The van der Waals surface area contributed by atoms with Crippen LogP contribution in [-0.2, 0) is 14.4 Å². The zero-order chi connectivity index (χ0) is 23.2. The van der Waals surface area contributed by atoms with Crippen molar-refractivity contribution in [3.05, 3.63) is 17.5 Å². The third-order valence-corrected chi connectivity index (χ3v) is 6.95. The fourth-order valence-electron chi connectivity index (χ4n) is 3.28. The molecule has 31 heavy (non-hydrogen) atoms. The number of hydrogen-bond donors (Lipinski definition) is 2. The van der Waals surface area contributed by atoms with Crippen molar-refractivity contribution in [2.45, 2.75) is 76.6 Å². The Kier molecular flexibility index (Phi) is 9.39. The van der Waals surface area contributed by atoms with Gasteiger partial charge in [0.05, 0.1) is 10.1 Å². The smallest absolute Gasteiger partial charge is 0.247 e. The Morgan fingerprint density at radius 2 is 1.87 bits per heavy atom. The minimum absolute atomic E-state index is 0.0461. The summed E-state index contributed by atoms with van der Waals surface area (Å²) in [7, 11) is 0. The quantitative estimate of drug-likeness (QED) is 0.221. The normalized spacial score (nSPS) is 14.9. The molecule has 1 fully saturated rings. The molecule has 1 aliphatic rings. The highest BCUT2D eigenvalue weighted by Crippen LogP contribution is 2.29. The van der Waals surface area contributed by atoms with Crippen molar-refractivity contribution in [2.75, 3.05) is 12.4 Å². The van der Waals surface area contributed by atoms with Crippen molar-refractivity contribution >= 4 is 40.8 Å². The summed E-state index contributed by atoms with van der Waals surface area (Å²) >= 11 is 2.90. The lowest BCUT2D eigenvalue weighted by Gasteiger charge is -2.40. The SMILES string of the molecule is CC(C)CN(C(=O)CCC(=O)N(O)CSc1cccs1)[C@H](C(=O)NC1CC1)C(C)(C)C. The molecule has 0 saturated heterocycles. The van der Waals surface area contributed by atoms with Gasteiger partial charge in [-0.3, -0.25) is 19.6 Å². The van der Waals surface area contributed by atoms with E-state index in [9.17, 15) is 19.6 Å². The number of nitrogens with one attached hydrogen (secondary N) is 1. The first-order chi connectivity index (χ1) is 14.5. The molecule has 174 valence electrons. The van der Waals surface area contributed by atoms with Crippen LogP contribution in [0.3, 0.4) is 0 Å². The van der Waals surface area contributed by atoms with Crippen LogP contribution in [0.2, 0.25) is 0 Å². The van der Waals surface area contributed by atoms with Gasteiger partial charge >= 0.3 is 0 Å². The first kappa shape index (κ1) is 25.7. The van der Waals surface area contributed by atoms with Crippen LogP contribution < -0.4 is 5.32 Å². The number of amides is 3. The predicted molar refractivity (Wildman–Crippen MR) is 124 cm³/mol. The first-order valence-corrected chi connectivity index (χ1v) is 12.6. The summed E-state index contributed by atoms with van der Waals surface area (Å²) < 4.78 is 1.00. The topological polar surface area (TPSA) is 90.0 Å². The van der Waals surface area contributed by atoms with E-state index in [4.69, 9.17) is 0 Å². The summed E-state index contributed by atoms with van der Waals surface area (Å²) in [5, 5.41) is 15.6. The lowest BCUT2D eigenvalue weighted by atomic mass is 9.84. The Hall–Kier alpha value is -1.58. The van der Waals surface area contributed by atoms with Gasteiger partial charge in [0.15, 0.2) is 0 Å². The molecule has 9 heteroatoms. The Bertz CT molecular complexity index is 742. The number of thiophene rings is 1. The summed E-state index contributed by atoms with van der Waals surface area (Å²) in [6.45, 7) is 10.3. The lowest BCUT2D eigenvalue weighted by Crippen LogP contribution is -2.57. The molecule has 1 aliphatic carbocycles. The number of hydroxylamine groups is 2. The fourth-order valence-corrected chi connectivity index (χ4v) is 4.90. The van der Waals surface area contributed by atoms with E-state index < -0.39 is 17.4 Å². The maximum atomic E-state index is 13.1. The molecule has 1 saturated carbocycles. The first-order valence-electron chi connectivity index (χ1n) is 10.7. The van der Waals surface area contributed by atoms with E-state index in [2.05, 4.69) is 5.32 Å². The van der Waals surface area contributed by atoms with E-state index in [0.29, 0.717) is 11.6 Å². The molecule has 0 radical (unpaired) electrons. The third kappa shape index (κ3) is 8.46. The molecule has 7 nitrogen and oxygen atoms in total. The Balaban J connectivity index is 1.99. The summed E-state index contributed by atoms with van der Waals surface area (Å²) in [5.41, 5.74) is -0.451. The fraction of sp³-hybridized carbons (Fsp3) is 0.682. The van der Waals surface area contributed by atoms with E-state index in [-0.39, 0.29) is 42.5 Å². The second kappa shape index (κ2) is 11.3. The molecule has 0 bridgehead atoms. The van der Waals surface area contributed by atoms with Gasteiger partial charge in [-0.05, 0) is 35.6 Å². The molecule has 3 amide bonds. The van der Waals surface area contributed by atoms with Gasteiger partial charge in [-0.2, -0.15) is 0 Å². The molecule has 1 heterocycles. The number of nitrogens with zero attached hydrogens (tertiary/aromatic N) is 2. The van der Waals surface area contributed by atoms with Gasteiger partial charge in [-0.25, -0.2) is 5.06 Å². The number of hydrogen-bond acceptors (Lipinski definition) is 6. The highest BCUT2D eigenvalue weighted by Gasteiger charge is 2.40. The Morgan fingerprint density at radius 3 is 2.39 bits per heavy atom. The van der Waals surface area contributed by atoms with Crippen LogP contribution in [0.25, 0.3) is 0 Å². The van der Waals surface area contributed by atoms with E-state index in [1.54, 1.807) is 4.90 Å². The molecule has 1 aromatic heterocycles. The summed E-state index contributed by atoms with van der Waals surface area (Å²) in [5.74, 6) is -0.595. The van der Waals surface area contributed by atoms with Crippen LogP contribution in [0.1, 0.15) is 60.3 Å². The lowest BCUT2D eigenvalue weighted by molar-refractivity contribution is -0.162. The summed E-state index contributed by atoms with van der Waals surface area (Å²) in [6.07, 6.45) is 1.81. The Morgan fingerprint density at radius 1 is 1.23 bits per heavy atom. The van der Waals surface area contributed by atoms with Crippen LogP contribution in [0.5, 0.6) is 0 Å². The van der Waals surface area contributed by atoms with Crippen molar-refractivity contribution < 1.29 is 19.6 Å². The maximum Gasteiger partial charge on any atom is 0.247 e. The third-order valence-electron chi connectivity index (χ3n) is 4.85. The maximum absolute atomic E-state index is 13.1. The van der Waals surface area contributed by atoms with Crippen LogP contribution in [-0.4, -0.2) is 57.4 Å². The molecule has 0 spiro atoms. The minimum atomic E-state index is -0.613. The van der Waals surface area contributed by atoms with Crippen LogP contribution in [0.4, 0.5) is 0 Å². The van der Waals surface area contributed by atoms with Gasteiger partial charge in [-0.1, -0.05) is 52.4 Å². The average Bonchev–Trinajstić information content (AvgIpc) is 3.32. The molecule has 2 rings (SSSR count). The highest BCUT2D eigenvalue weighted by atomic mass is 32.2. The van der Waals surface area contributed by atoms with Gasteiger partial charge in [0, 0.05) is 25.4 Å². The molecule has 0 aromatic carbocycles. The summed E-state index contributed by atoms with van der Waals surface area (Å²) in [6, 6.07) is 3.42. The number of carbonyl (C=O) groups is 3. The molecule has 1 atom stereocenters. The number of carbonyl (C=O) groups excluding carboxylic acids is 3. The number of rotatable bonds is 11. The highest BCUT2D eigenvalue weighted by molar-refractivity contribution is 8.01. The zero-order valence-corrected chi connectivity index (χ0v) is 20.7. The molecule has 2 N–H and O–H groups in total. The van der Waals surface area contributed by atoms with Crippen molar-refractivity contribution in [1.29, 1.82) is 0 Å². The molecule has 0 aliphatic heterocycles. The molecule has 1 aromatic rings. The van der Waals surface area contributed by atoms with Crippen molar-refractivity contribution in [3.63, 3.8) is 0 Å². The monoisotopic (exact) mass is 469 g/mol. The van der Waals surface area contributed by atoms with Crippen molar-refractivity contribution in [2.24, 2.45) is 11.3 Å². The molecule has 0 unspecified atom stereocenters. The van der Waals surface area contributed by atoms with Gasteiger partial charge in [0.2, 0.25) is 17.7 Å². The van der Waals surface area contributed by atoms with Crippen LogP contribution in [0.15, 0.2) is 21.7 Å². The molecular weight excluding hydrogens is 434 g/mol. The van der Waals surface area contributed by atoms with Crippen molar-refractivity contribution in [3.8, 4) is 0 Å². The standard InChI is InChI=1S/C22H35N3O4S2/c1-15(2)13-24(20(22(3,4)5)21(28)23-16-8-9-16)17(26)10-11-18(27)25(29)14-31-19-7-6-12-30-19/h6-7,12,15-16,20,29H,8-11,13-14H2,1-5H3,(H,23,28)/t20-/m1/s1. The van der Waals surface area contributed by atoms with E-state index in [1.807, 2.05) is 52.1 Å². The van der Waals surface area contributed by atoms with Crippen LogP contribution >= 0.6 is 23.1 Å². The average molecular weight is 470 g/mol. The largest absolute Gasteiger partial charge is 0.352 e. The predicted octanol–water partition coefficient (Wildman–Crippen LogP) is 3.97. The zero-order valence-electron chi connectivity index (χ0n) is 19.1. The van der Waals surface area contributed by atoms with E-state index in [0.717, 1.165) is 17.1 Å². The summed E-state index contributed by atoms with van der Waals surface area (Å²) in [4.78, 5) is 40.1. The second-order valence-electron chi connectivity index (χ2n) is 9.49. The number of thioether (sulfide) groups is 1. The van der Waals surface area contributed by atoms with Crippen LogP contribution in [0, 0.1) is 11.3 Å². The second-order valence-corrected chi connectivity index (χ2v) is 11.7. The van der Waals surface area contributed by atoms with E-state index >= 15 is 0 Å². The van der Waals surface area contributed by atoms with Crippen molar-refractivity contribution in [1.82, 2.24) is 15.3 Å². The minimum Gasteiger partial charge on any atom is -0.352 e. The molecular formula is C22H35N3O4S2. The Labute approximate surface area is 193 Å². The van der Waals surface area contributed by atoms with Gasteiger partial charge in [0.25, 0.3) is 0 Å². The van der Waals surface area contributed by atoms with E-state index in [1.165, 1.54) is 23.1 Å². The van der Waals surface area contributed by atoms with Gasteiger partial charge in [0.1, 0.15) is 6.04 Å².